The van der Waals surface area contributed by atoms with Crippen molar-refractivity contribution in [3.63, 3.8) is 0 Å². The van der Waals surface area contributed by atoms with Crippen molar-refractivity contribution in [2.75, 3.05) is 18.8 Å². The van der Waals surface area contributed by atoms with E-state index in [1.54, 1.807) is 4.90 Å². The molecule has 3 aliphatic rings. The van der Waals surface area contributed by atoms with Crippen LogP contribution in [-0.4, -0.2) is 25.2 Å². The lowest BCUT2D eigenvalue weighted by molar-refractivity contribution is -0.923. The molecule has 1 heterocycles. The summed E-state index contributed by atoms with van der Waals surface area (Å²) < 4.78 is 6.38. The highest BCUT2D eigenvalue weighted by Crippen LogP contribution is 2.64. The smallest absolute Gasteiger partial charge is 0.106 e. The first-order chi connectivity index (χ1) is 14.3. The van der Waals surface area contributed by atoms with Crippen molar-refractivity contribution in [2.45, 2.75) is 69.7 Å². The van der Waals surface area contributed by atoms with Crippen molar-refractivity contribution in [3.8, 4) is 0 Å². The summed E-state index contributed by atoms with van der Waals surface area (Å²) in [7, 11) is 0. The van der Waals surface area contributed by atoms with Crippen LogP contribution in [0.25, 0.3) is 0 Å². The predicted molar refractivity (Wildman–Crippen MR) is 121 cm³/mol. The molecule has 3 bridgehead atoms. The molecule has 5 rings (SSSR count). The van der Waals surface area contributed by atoms with E-state index in [1.807, 2.05) is 0 Å². The van der Waals surface area contributed by atoms with E-state index in [2.05, 4.69) is 69.3 Å². The van der Waals surface area contributed by atoms with Crippen molar-refractivity contribution in [2.24, 2.45) is 11.1 Å². The minimum atomic E-state index is -0.297. The van der Waals surface area contributed by atoms with Gasteiger partial charge in [0.05, 0.1) is 30.1 Å². The van der Waals surface area contributed by atoms with Gasteiger partial charge in [-0.05, 0) is 35.6 Å². The molecule has 1 unspecified atom stereocenters. The van der Waals surface area contributed by atoms with Crippen LogP contribution in [0.1, 0.15) is 56.7 Å². The number of hydrogen-bond acceptors (Lipinski definition) is 3. The van der Waals surface area contributed by atoms with E-state index >= 15 is 0 Å². The average molecular weight is 407 g/mol. The molecule has 2 aliphatic carbocycles. The van der Waals surface area contributed by atoms with E-state index in [0.29, 0.717) is 12.6 Å². The van der Waals surface area contributed by atoms with Crippen LogP contribution in [0.4, 0.5) is 5.69 Å². The van der Waals surface area contributed by atoms with Crippen LogP contribution in [0.2, 0.25) is 0 Å². The van der Waals surface area contributed by atoms with E-state index in [1.165, 1.54) is 23.1 Å². The molecule has 160 valence electrons. The number of rotatable bonds is 6. The summed E-state index contributed by atoms with van der Waals surface area (Å²) in [5.41, 5.74) is 18.5. The van der Waals surface area contributed by atoms with Gasteiger partial charge in [-0.3, -0.25) is 0 Å². The standard InChI is InChI=1S/C26H35N3O/c1-4-19(30-15-18-9-6-5-7-10-18)14-29-17-25-13-22(29)24(2,3)26(28,16-25)20-11-8-12-21(27)23(20)25/h5-12,19,22H,4,13-17,27-28H2,1-3H3/p+1/t19-,22+,25+,26+/m0/s1. The van der Waals surface area contributed by atoms with Gasteiger partial charge in [-0.25, -0.2) is 0 Å². The molecule has 4 heteroatoms. The van der Waals surface area contributed by atoms with Gasteiger partial charge in [0.2, 0.25) is 0 Å². The lowest BCUT2D eigenvalue weighted by atomic mass is 9.58. The van der Waals surface area contributed by atoms with E-state index in [0.717, 1.165) is 31.6 Å². The van der Waals surface area contributed by atoms with Crippen molar-refractivity contribution in [3.05, 3.63) is 65.2 Å². The van der Waals surface area contributed by atoms with E-state index < -0.39 is 0 Å². The molecule has 0 radical (unpaired) electrons. The third-order valence-electron chi connectivity index (χ3n) is 8.67. The Kier molecular flexibility index (Phi) is 4.55. The Morgan fingerprint density at radius 1 is 1.13 bits per heavy atom. The number of likely N-dealkylation sites (tertiary alicyclic amines) is 1. The van der Waals surface area contributed by atoms with Gasteiger partial charge in [0.25, 0.3) is 0 Å². The van der Waals surface area contributed by atoms with E-state index in [-0.39, 0.29) is 22.5 Å². The highest BCUT2D eigenvalue weighted by Gasteiger charge is 2.71. The molecule has 2 fully saturated rings. The zero-order valence-corrected chi connectivity index (χ0v) is 18.6. The zero-order valence-electron chi connectivity index (χ0n) is 18.6. The molecular weight excluding hydrogens is 370 g/mol. The number of anilines is 1. The molecule has 4 nitrogen and oxygen atoms in total. The number of benzene rings is 2. The Balaban J connectivity index is 1.41. The maximum Gasteiger partial charge on any atom is 0.106 e. The SMILES string of the molecule is CC[C@@H](C[NH+]1C[C@@]23C[C@@H]1C(C)(C)[C@@](N)(C2)c1cccc(N)c13)OCc1ccccc1. The van der Waals surface area contributed by atoms with Crippen molar-refractivity contribution in [1.82, 2.24) is 0 Å². The molecule has 0 amide bonds. The number of fused-ring (bicyclic) bond motifs is 4. The minimum Gasteiger partial charge on any atom is -0.398 e. The van der Waals surface area contributed by atoms with Gasteiger partial charge in [-0.2, -0.15) is 0 Å². The number of nitrogens with one attached hydrogen (secondary N) is 1. The molecule has 1 saturated carbocycles. The topological polar surface area (TPSA) is 65.7 Å². The van der Waals surface area contributed by atoms with Crippen LogP contribution in [0, 0.1) is 5.41 Å². The van der Waals surface area contributed by atoms with Crippen LogP contribution in [0.3, 0.4) is 0 Å². The maximum absolute atomic E-state index is 7.23. The summed E-state index contributed by atoms with van der Waals surface area (Å²) in [5.74, 6) is 0. The van der Waals surface area contributed by atoms with Gasteiger partial charge in [-0.1, -0.05) is 63.2 Å². The van der Waals surface area contributed by atoms with Gasteiger partial charge >= 0.3 is 0 Å². The van der Waals surface area contributed by atoms with Crippen LogP contribution in [0.5, 0.6) is 0 Å². The average Bonchev–Trinajstić information content (AvgIpc) is 3.19. The van der Waals surface area contributed by atoms with E-state index in [4.69, 9.17) is 16.2 Å². The monoisotopic (exact) mass is 406 g/mol. The normalized spacial score (nSPS) is 34.0. The molecule has 2 aromatic rings. The fourth-order valence-corrected chi connectivity index (χ4v) is 7.01. The Bertz CT molecular complexity index is 943. The van der Waals surface area contributed by atoms with Crippen LogP contribution < -0.4 is 16.4 Å². The fourth-order valence-electron chi connectivity index (χ4n) is 7.01. The second kappa shape index (κ2) is 6.81. The van der Waals surface area contributed by atoms with Crippen molar-refractivity contribution < 1.29 is 9.64 Å². The summed E-state index contributed by atoms with van der Waals surface area (Å²) in [6, 6.07) is 17.4. The zero-order chi connectivity index (χ0) is 21.1. The minimum absolute atomic E-state index is 0.0130. The molecule has 1 spiro atoms. The molecule has 2 aromatic carbocycles. The van der Waals surface area contributed by atoms with Crippen LogP contribution >= 0.6 is 0 Å². The van der Waals surface area contributed by atoms with Gasteiger partial charge in [0.15, 0.2) is 0 Å². The van der Waals surface area contributed by atoms with Gasteiger partial charge in [0, 0.05) is 17.5 Å². The third kappa shape index (κ3) is 2.70. The van der Waals surface area contributed by atoms with Gasteiger partial charge < -0.3 is 21.1 Å². The summed E-state index contributed by atoms with van der Waals surface area (Å²) in [6.07, 6.45) is 3.50. The third-order valence-corrected chi connectivity index (χ3v) is 8.67. The summed E-state index contributed by atoms with van der Waals surface area (Å²) in [5, 5.41) is 0. The number of ether oxygens (including phenoxy) is 1. The molecule has 5 atom stereocenters. The first-order valence-corrected chi connectivity index (χ1v) is 11.5. The number of nitrogen functional groups attached to an aromatic ring is 1. The maximum atomic E-state index is 7.23. The quantitative estimate of drug-likeness (QED) is 0.647. The van der Waals surface area contributed by atoms with Crippen molar-refractivity contribution >= 4 is 5.69 Å². The molecule has 30 heavy (non-hydrogen) atoms. The van der Waals surface area contributed by atoms with Crippen LogP contribution in [-0.2, 0) is 22.3 Å². The van der Waals surface area contributed by atoms with Gasteiger partial charge in [-0.15, -0.1) is 0 Å². The Labute approximate surface area is 180 Å². The molecule has 5 N–H and O–H groups in total. The Hall–Kier alpha value is -1.88. The Morgan fingerprint density at radius 3 is 2.63 bits per heavy atom. The lowest BCUT2D eigenvalue weighted by Crippen LogP contribution is -3.16. The highest BCUT2D eigenvalue weighted by molar-refractivity contribution is 5.63. The van der Waals surface area contributed by atoms with E-state index in [9.17, 15) is 0 Å². The largest absolute Gasteiger partial charge is 0.398 e. The molecule has 1 aliphatic heterocycles. The van der Waals surface area contributed by atoms with Crippen LogP contribution in [0.15, 0.2) is 48.5 Å². The second-order valence-corrected chi connectivity index (χ2v) is 10.5. The first-order valence-electron chi connectivity index (χ1n) is 11.5. The lowest BCUT2D eigenvalue weighted by Gasteiger charge is -2.48. The Morgan fingerprint density at radius 2 is 1.90 bits per heavy atom. The molecular formula is C26H36N3O+. The number of hydrogen-bond donors (Lipinski definition) is 3. The number of quaternary nitrogens is 1. The second-order valence-electron chi connectivity index (χ2n) is 10.5. The summed E-state index contributed by atoms with van der Waals surface area (Å²) >= 11 is 0. The molecule has 0 aromatic heterocycles. The molecule has 1 saturated heterocycles. The first kappa shape index (κ1) is 20.0. The van der Waals surface area contributed by atoms with Crippen molar-refractivity contribution in [1.29, 1.82) is 0 Å². The summed E-state index contributed by atoms with van der Waals surface area (Å²) in [4.78, 5) is 1.65. The van der Waals surface area contributed by atoms with Gasteiger partial charge in [0.1, 0.15) is 12.6 Å². The summed E-state index contributed by atoms with van der Waals surface area (Å²) in [6.45, 7) is 9.85. The predicted octanol–water partition coefficient (Wildman–Crippen LogP) is 2.76. The fraction of sp³-hybridized carbons (Fsp3) is 0.538. The number of nitrogens with two attached hydrogens (primary N) is 2. The highest BCUT2D eigenvalue weighted by atomic mass is 16.5.